The van der Waals surface area contributed by atoms with Crippen molar-refractivity contribution in [2.24, 2.45) is 0 Å². The number of para-hydroxylation sites is 1. The van der Waals surface area contributed by atoms with Gasteiger partial charge in [0.1, 0.15) is 5.56 Å². The molecular formula is C14H14N2O3. The fraction of sp³-hybridized carbons (Fsp3) is 0.214. The minimum Gasteiger partial charge on any atom is -0.462 e. The summed E-state index contributed by atoms with van der Waals surface area (Å²) in [4.78, 5) is 24.0. The van der Waals surface area contributed by atoms with Crippen LogP contribution < -0.4 is 5.56 Å². The van der Waals surface area contributed by atoms with E-state index >= 15 is 0 Å². The molecule has 19 heavy (non-hydrogen) atoms. The number of benzene rings is 1. The predicted molar refractivity (Wildman–Crippen MR) is 70.5 cm³/mol. The van der Waals surface area contributed by atoms with E-state index in [0.29, 0.717) is 11.4 Å². The number of hydrogen-bond acceptors (Lipinski definition) is 4. The highest BCUT2D eigenvalue weighted by Crippen LogP contribution is 2.05. The predicted octanol–water partition coefficient (Wildman–Crippen LogP) is 1.72. The van der Waals surface area contributed by atoms with E-state index in [9.17, 15) is 9.59 Å². The normalized spacial score (nSPS) is 10.2. The van der Waals surface area contributed by atoms with Crippen LogP contribution in [0.2, 0.25) is 0 Å². The lowest BCUT2D eigenvalue weighted by atomic mass is 10.2. The van der Waals surface area contributed by atoms with Crippen LogP contribution in [0.4, 0.5) is 0 Å². The maximum absolute atomic E-state index is 12.2. The largest absolute Gasteiger partial charge is 0.462 e. The van der Waals surface area contributed by atoms with Crippen LogP contribution in [0.1, 0.15) is 23.0 Å². The van der Waals surface area contributed by atoms with Crippen LogP contribution in [0.15, 0.2) is 41.2 Å². The van der Waals surface area contributed by atoms with E-state index in [0.717, 1.165) is 0 Å². The van der Waals surface area contributed by atoms with E-state index in [4.69, 9.17) is 4.74 Å². The fourth-order valence-electron chi connectivity index (χ4n) is 1.72. The first-order valence-electron chi connectivity index (χ1n) is 5.97. The number of rotatable bonds is 3. The van der Waals surface area contributed by atoms with Gasteiger partial charge < -0.3 is 4.74 Å². The van der Waals surface area contributed by atoms with Crippen LogP contribution in [-0.2, 0) is 4.74 Å². The molecule has 0 unspecified atom stereocenters. The molecule has 0 aliphatic heterocycles. The van der Waals surface area contributed by atoms with Gasteiger partial charge in [0.25, 0.3) is 5.56 Å². The van der Waals surface area contributed by atoms with E-state index < -0.39 is 11.5 Å². The number of aryl methyl sites for hydroxylation is 1. The lowest BCUT2D eigenvalue weighted by Crippen LogP contribution is -2.28. The summed E-state index contributed by atoms with van der Waals surface area (Å²) in [5.41, 5.74) is 0.710. The van der Waals surface area contributed by atoms with E-state index in [1.54, 1.807) is 38.1 Å². The van der Waals surface area contributed by atoms with Crippen molar-refractivity contribution in [2.75, 3.05) is 6.61 Å². The molecule has 0 bridgehead atoms. The van der Waals surface area contributed by atoms with Crippen LogP contribution in [0.3, 0.4) is 0 Å². The van der Waals surface area contributed by atoms with Gasteiger partial charge in [-0.2, -0.15) is 9.78 Å². The average molecular weight is 258 g/mol. The van der Waals surface area contributed by atoms with E-state index in [-0.39, 0.29) is 12.2 Å². The van der Waals surface area contributed by atoms with Crippen molar-refractivity contribution in [2.45, 2.75) is 13.8 Å². The Morgan fingerprint density at radius 1 is 1.32 bits per heavy atom. The first-order valence-corrected chi connectivity index (χ1v) is 5.97. The van der Waals surface area contributed by atoms with Crippen molar-refractivity contribution >= 4 is 5.97 Å². The van der Waals surface area contributed by atoms with Crippen molar-refractivity contribution in [1.29, 1.82) is 0 Å². The average Bonchev–Trinajstić information content (AvgIpc) is 2.42. The molecule has 0 saturated carbocycles. The SMILES string of the molecule is CCOC(=O)c1cc(C)nn(-c2ccccc2)c1=O. The zero-order chi connectivity index (χ0) is 13.8. The molecule has 98 valence electrons. The number of nitrogens with zero attached hydrogens (tertiary/aromatic N) is 2. The highest BCUT2D eigenvalue weighted by molar-refractivity contribution is 5.89. The molecule has 0 radical (unpaired) electrons. The summed E-state index contributed by atoms with van der Waals surface area (Å²) >= 11 is 0. The van der Waals surface area contributed by atoms with Gasteiger partial charge in [-0.25, -0.2) is 4.79 Å². The van der Waals surface area contributed by atoms with Crippen LogP contribution in [-0.4, -0.2) is 22.4 Å². The maximum atomic E-state index is 12.2. The summed E-state index contributed by atoms with van der Waals surface area (Å²) in [6.07, 6.45) is 0. The molecule has 0 spiro atoms. The zero-order valence-electron chi connectivity index (χ0n) is 10.8. The number of aromatic nitrogens is 2. The van der Waals surface area contributed by atoms with Crippen LogP contribution >= 0.6 is 0 Å². The van der Waals surface area contributed by atoms with Crippen molar-refractivity contribution in [3.63, 3.8) is 0 Å². The Bertz CT molecular complexity index is 647. The molecule has 5 heteroatoms. The molecule has 1 heterocycles. The number of hydrogen-bond donors (Lipinski definition) is 0. The van der Waals surface area contributed by atoms with Crippen molar-refractivity contribution in [3.8, 4) is 5.69 Å². The van der Waals surface area contributed by atoms with Crippen LogP contribution in [0, 0.1) is 6.92 Å². The molecule has 0 saturated heterocycles. The topological polar surface area (TPSA) is 61.2 Å². The van der Waals surface area contributed by atoms with E-state index in [2.05, 4.69) is 5.10 Å². The molecule has 0 aliphatic carbocycles. The summed E-state index contributed by atoms with van der Waals surface area (Å²) < 4.78 is 6.08. The van der Waals surface area contributed by atoms with Crippen molar-refractivity contribution < 1.29 is 9.53 Å². The Kier molecular flexibility index (Phi) is 3.75. The highest BCUT2D eigenvalue weighted by atomic mass is 16.5. The highest BCUT2D eigenvalue weighted by Gasteiger charge is 2.16. The molecule has 1 aromatic heterocycles. The molecule has 1 aromatic carbocycles. The molecule has 0 aliphatic rings. The lowest BCUT2D eigenvalue weighted by Gasteiger charge is -2.08. The van der Waals surface area contributed by atoms with Gasteiger partial charge in [0.2, 0.25) is 0 Å². The summed E-state index contributed by atoms with van der Waals surface area (Å²) in [7, 11) is 0. The van der Waals surface area contributed by atoms with Crippen LogP contribution in [0.5, 0.6) is 0 Å². The Labute approximate surface area is 110 Å². The second-order valence-electron chi connectivity index (χ2n) is 3.97. The second-order valence-corrected chi connectivity index (χ2v) is 3.97. The molecule has 2 rings (SSSR count). The quantitative estimate of drug-likeness (QED) is 0.786. The minimum absolute atomic E-state index is 0.00166. The Morgan fingerprint density at radius 3 is 2.63 bits per heavy atom. The fourth-order valence-corrected chi connectivity index (χ4v) is 1.72. The Hall–Kier alpha value is -2.43. The number of carbonyl (C=O) groups excluding carboxylic acids is 1. The molecule has 5 nitrogen and oxygen atoms in total. The molecule has 0 amide bonds. The van der Waals surface area contributed by atoms with Crippen molar-refractivity contribution in [3.05, 3.63) is 58.0 Å². The Morgan fingerprint density at radius 2 is 2.00 bits per heavy atom. The van der Waals surface area contributed by atoms with Gasteiger partial charge in [-0.05, 0) is 32.0 Å². The maximum Gasteiger partial charge on any atom is 0.343 e. The standard InChI is InChI=1S/C14H14N2O3/c1-3-19-14(18)12-9-10(2)15-16(13(12)17)11-7-5-4-6-8-11/h4-9H,3H2,1-2H3. The summed E-state index contributed by atoms with van der Waals surface area (Å²) in [6, 6.07) is 10.4. The third-order valence-corrected chi connectivity index (χ3v) is 2.53. The van der Waals surface area contributed by atoms with Gasteiger partial charge >= 0.3 is 5.97 Å². The number of esters is 1. The van der Waals surface area contributed by atoms with Gasteiger partial charge in [-0.3, -0.25) is 4.79 Å². The summed E-state index contributed by atoms with van der Waals surface area (Å²) in [5.74, 6) is -0.623. The number of ether oxygens (including phenoxy) is 1. The smallest absolute Gasteiger partial charge is 0.343 e. The monoisotopic (exact) mass is 258 g/mol. The molecule has 0 fully saturated rings. The van der Waals surface area contributed by atoms with Gasteiger partial charge in [0.05, 0.1) is 18.0 Å². The first kappa shape index (κ1) is 13.0. The molecule has 0 N–H and O–H groups in total. The molecule has 2 aromatic rings. The first-order chi connectivity index (χ1) is 9.13. The third kappa shape index (κ3) is 2.70. The van der Waals surface area contributed by atoms with E-state index in [1.165, 1.54) is 10.7 Å². The molecular weight excluding hydrogens is 244 g/mol. The number of carbonyl (C=O) groups is 1. The third-order valence-electron chi connectivity index (χ3n) is 2.53. The van der Waals surface area contributed by atoms with Gasteiger partial charge in [0.15, 0.2) is 0 Å². The van der Waals surface area contributed by atoms with Gasteiger partial charge in [0, 0.05) is 0 Å². The second kappa shape index (κ2) is 5.48. The summed E-state index contributed by atoms with van der Waals surface area (Å²) in [5, 5.41) is 4.14. The van der Waals surface area contributed by atoms with Crippen LogP contribution in [0.25, 0.3) is 5.69 Å². The van der Waals surface area contributed by atoms with E-state index in [1.807, 2.05) is 6.07 Å². The molecule has 0 atom stereocenters. The Balaban J connectivity index is 2.58. The van der Waals surface area contributed by atoms with Gasteiger partial charge in [-0.15, -0.1) is 0 Å². The summed E-state index contributed by atoms with van der Waals surface area (Å²) in [6.45, 7) is 3.65. The van der Waals surface area contributed by atoms with Gasteiger partial charge in [-0.1, -0.05) is 18.2 Å². The minimum atomic E-state index is -0.623. The zero-order valence-corrected chi connectivity index (χ0v) is 10.8. The van der Waals surface area contributed by atoms with Crippen molar-refractivity contribution in [1.82, 2.24) is 9.78 Å². The lowest BCUT2D eigenvalue weighted by molar-refractivity contribution is 0.0523.